The minimum atomic E-state index is -1.21. The minimum Gasteiger partial charge on any atom is -0.503 e. The molecule has 1 unspecified atom stereocenters. The number of hydrogen-bond donors (Lipinski definition) is 1. The van der Waals surface area contributed by atoms with Gasteiger partial charge in [-0.15, -0.1) is 0 Å². The summed E-state index contributed by atoms with van der Waals surface area (Å²) in [6, 6.07) is 14.9. The monoisotopic (exact) mass is 505 g/mol. The molecule has 188 valence electrons. The smallest absolute Gasteiger partial charge is 0.294 e. The lowest BCUT2D eigenvalue weighted by molar-refractivity contribution is -0.117. The molecule has 0 spiro atoms. The number of ketones is 1. The Labute approximate surface area is 210 Å². The van der Waals surface area contributed by atoms with E-state index in [1.54, 1.807) is 49.4 Å². The zero-order valence-electron chi connectivity index (χ0n) is 19.8. The van der Waals surface area contributed by atoms with Crippen molar-refractivity contribution in [3.63, 3.8) is 0 Å². The van der Waals surface area contributed by atoms with Crippen LogP contribution < -0.4 is 14.4 Å². The number of rotatable bonds is 7. The molecule has 0 radical (unpaired) electrons. The quantitative estimate of drug-likeness (QED) is 0.315. The molecular formula is C28H21F2NO6. The van der Waals surface area contributed by atoms with Crippen molar-refractivity contribution in [1.82, 2.24) is 0 Å². The van der Waals surface area contributed by atoms with Crippen molar-refractivity contribution in [2.24, 2.45) is 0 Å². The molecule has 4 aromatic rings. The standard InChI is InChI=1S/C28H21F2NO6/c1-3-36-22-13-16(8-11-21(22)35-2)25-24(26(32)23-12-15-6-4-5-7-20(15)37-23)27(33)28(34)31(25)17-9-10-18(29)19(30)14-17/h4-14,25,33H,3H2,1-2H3. The van der Waals surface area contributed by atoms with Crippen LogP contribution in [0.2, 0.25) is 0 Å². The van der Waals surface area contributed by atoms with Crippen molar-refractivity contribution in [1.29, 1.82) is 0 Å². The number of carbonyl (C=O) groups excluding carboxylic acids is 2. The van der Waals surface area contributed by atoms with Gasteiger partial charge in [0, 0.05) is 17.1 Å². The van der Waals surface area contributed by atoms with Crippen molar-refractivity contribution in [2.45, 2.75) is 13.0 Å². The van der Waals surface area contributed by atoms with Gasteiger partial charge < -0.3 is 19.0 Å². The van der Waals surface area contributed by atoms with Crippen LogP contribution in [0.4, 0.5) is 14.5 Å². The van der Waals surface area contributed by atoms with Gasteiger partial charge >= 0.3 is 0 Å². The molecule has 7 nitrogen and oxygen atoms in total. The number of aliphatic hydroxyl groups excluding tert-OH is 1. The summed E-state index contributed by atoms with van der Waals surface area (Å²) < 4.78 is 44.6. The Kier molecular flexibility index (Phi) is 6.12. The van der Waals surface area contributed by atoms with Gasteiger partial charge in [0.05, 0.1) is 25.3 Å². The van der Waals surface area contributed by atoms with Crippen LogP contribution in [0.3, 0.4) is 0 Å². The highest BCUT2D eigenvalue weighted by molar-refractivity contribution is 6.20. The van der Waals surface area contributed by atoms with E-state index in [-0.39, 0.29) is 17.0 Å². The fourth-order valence-electron chi connectivity index (χ4n) is 4.41. The predicted octanol–water partition coefficient (Wildman–Crippen LogP) is 5.90. The Balaban J connectivity index is 1.69. The van der Waals surface area contributed by atoms with Crippen LogP contribution in [-0.2, 0) is 4.79 Å². The summed E-state index contributed by atoms with van der Waals surface area (Å²) in [4.78, 5) is 28.0. The summed E-state index contributed by atoms with van der Waals surface area (Å²) in [5.41, 5.74) is 0.487. The van der Waals surface area contributed by atoms with E-state index >= 15 is 0 Å². The Bertz CT molecular complexity index is 1540. The summed E-state index contributed by atoms with van der Waals surface area (Å²) in [5.74, 6) is -4.15. The predicted molar refractivity (Wildman–Crippen MR) is 131 cm³/mol. The number of ether oxygens (including phenoxy) is 2. The molecule has 1 aromatic heterocycles. The average molecular weight is 505 g/mol. The third-order valence-corrected chi connectivity index (χ3v) is 6.09. The number of aliphatic hydroxyl groups is 1. The minimum absolute atomic E-state index is 0.0540. The third kappa shape index (κ3) is 4.08. The second kappa shape index (κ2) is 9.42. The van der Waals surface area contributed by atoms with Crippen LogP contribution >= 0.6 is 0 Å². The van der Waals surface area contributed by atoms with E-state index in [0.29, 0.717) is 34.6 Å². The first-order chi connectivity index (χ1) is 17.8. The highest BCUT2D eigenvalue weighted by Crippen LogP contribution is 2.44. The molecule has 1 atom stereocenters. The summed E-state index contributed by atoms with van der Waals surface area (Å²) >= 11 is 0. The summed E-state index contributed by atoms with van der Waals surface area (Å²) in [6.07, 6.45) is 0. The van der Waals surface area contributed by atoms with E-state index in [0.717, 1.165) is 17.0 Å². The van der Waals surface area contributed by atoms with Crippen molar-refractivity contribution >= 4 is 28.3 Å². The maximum Gasteiger partial charge on any atom is 0.294 e. The van der Waals surface area contributed by atoms with Gasteiger partial charge in [-0.1, -0.05) is 24.3 Å². The molecular weight excluding hydrogens is 484 g/mol. The number of halogens is 2. The molecule has 9 heteroatoms. The molecule has 3 aromatic carbocycles. The second-order valence-electron chi connectivity index (χ2n) is 8.26. The maximum atomic E-state index is 14.2. The van der Waals surface area contributed by atoms with E-state index in [2.05, 4.69) is 0 Å². The first-order valence-electron chi connectivity index (χ1n) is 11.4. The number of nitrogens with zero attached hydrogens (tertiary/aromatic N) is 1. The van der Waals surface area contributed by atoms with Gasteiger partial charge in [0.2, 0.25) is 5.78 Å². The molecule has 0 saturated carbocycles. The van der Waals surface area contributed by atoms with E-state index in [1.807, 2.05) is 0 Å². The zero-order chi connectivity index (χ0) is 26.3. The van der Waals surface area contributed by atoms with E-state index in [4.69, 9.17) is 13.9 Å². The highest BCUT2D eigenvalue weighted by Gasteiger charge is 2.46. The van der Waals surface area contributed by atoms with E-state index in [9.17, 15) is 23.5 Å². The molecule has 37 heavy (non-hydrogen) atoms. The maximum absolute atomic E-state index is 14.2. The molecule has 5 rings (SSSR count). The van der Waals surface area contributed by atoms with E-state index < -0.39 is 35.1 Å². The SMILES string of the molecule is CCOc1cc(C2C(C(=O)c3cc4ccccc4o3)=C(O)C(=O)N2c2ccc(F)c(F)c2)ccc1OC. The molecule has 1 aliphatic heterocycles. The van der Waals surface area contributed by atoms with Crippen LogP contribution in [0.25, 0.3) is 11.0 Å². The second-order valence-corrected chi connectivity index (χ2v) is 8.26. The average Bonchev–Trinajstić information content (AvgIpc) is 3.44. The zero-order valence-corrected chi connectivity index (χ0v) is 19.8. The molecule has 1 N–H and O–H groups in total. The molecule has 2 heterocycles. The van der Waals surface area contributed by atoms with Gasteiger partial charge in [-0.05, 0) is 48.9 Å². The van der Waals surface area contributed by atoms with Crippen LogP contribution in [0.15, 0.2) is 82.5 Å². The Hall–Kier alpha value is -4.66. The number of methoxy groups -OCH3 is 1. The van der Waals surface area contributed by atoms with E-state index in [1.165, 1.54) is 19.2 Å². The number of anilines is 1. The van der Waals surface area contributed by atoms with Crippen LogP contribution in [0.5, 0.6) is 11.5 Å². The van der Waals surface area contributed by atoms with Gasteiger partial charge in [0.15, 0.2) is 34.7 Å². The number of para-hydroxylation sites is 1. The van der Waals surface area contributed by atoms with Crippen LogP contribution in [0, 0.1) is 11.6 Å². The summed E-state index contributed by atoms with van der Waals surface area (Å²) in [7, 11) is 1.46. The number of hydrogen-bond acceptors (Lipinski definition) is 6. The van der Waals surface area contributed by atoms with Gasteiger partial charge in [-0.2, -0.15) is 0 Å². The highest BCUT2D eigenvalue weighted by atomic mass is 19.2. The largest absolute Gasteiger partial charge is 0.503 e. The molecule has 0 bridgehead atoms. The van der Waals surface area contributed by atoms with Crippen LogP contribution in [0.1, 0.15) is 29.1 Å². The number of benzene rings is 3. The molecule has 0 aliphatic carbocycles. The lowest BCUT2D eigenvalue weighted by Gasteiger charge is -2.27. The van der Waals surface area contributed by atoms with Crippen molar-refractivity contribution in [3.8, 4) is 11.5 Å². The Morgan fingerprint density at radius 2 is 1.81 bits per heavy atom. The van der Waals surface area contributed by atoms with Crippen molar-refractivity contribution in [3.05, 3.63) is 101 Å². The number of fused-ring (bicyclic) bond motifs is 1. The molecule has 0 fully saturated rings. The molecule has 0 saturated heterocycles. The first kappa shape index (κ1) is 24.1. The third-order valence-electron chi connectivity index (χ3n) is 6.09. The van der Waals surface area contributed by atoms with Crippen molar-refractivity contribution < 1.29 is 37.4 Å². The lowest BCUT2D eigenvalue weighted by Crippen LogP contribution is -2.31. The van der Waals surface area contributed by atoms with Gasteiger partial charge in [-0.25, -0.2) is 8.78 Å². The summed E-state index contributed by atoms with van der Waals surface area (Å²) in [6.45, 7) is 2.09. The normalized spacial score (nSPS) is 15.5. The fourth-order valence-corrected chi connectivity index (χ4v) is 4.41. The number of Topliss-reactive ketones (excluding diaryl/α,β-unsaturated/α-hetero) is 1. The number of amides is 1. The first-order valence-corrected chi connectivity index (χ1v) is 11.4. The summed E-state index contributed by atoms with van der Waals surface area (Å²) in [5, 5.41) is 11.6. The lowest BCUT2D eigenvalue weighted by atomic mass is 9.94. The number of carbonyl (C=O) groups is 2. The van der Waals surface area contributed by atoms with Crippen LogP contribution in [-0.4, -0.2) is 30.5 Å². The number of furan rings is 1. The van der Waals surface area contributed by atoms with Crippen molar-refractivity contribution in [2.75, 3.05) is 18.6 Å². The topological polar surface area (TPSA) is 89.2 Å². The van der Waals surface area contributed by atoms with Gasteiger partial charge in [-0.3, -0.25) is 14.5 Å². The van der Waals surface area contributed by atoms with Gasteiger partial charge in [0.25, 0.3) is 5.91 Å². The molecule has 1 aliphatic rings. The van der Waals surface area contributed by atoms with Gasteiger partial charge in [0.1, 0.15) is 5.58 Å². The fraction of sp³-hybridized carbons (Fsp3) is 0.143. The Morgan fingerprint density at radius 1 is 1.03 bits per heavy atom. The Morgan fingerprint density at radius 3 is 2.51 bits per heavy atom. The molecule has 1 amide bonds.